The molecule has 0 radical (unpaired) electrons. The van der Waals surface area contributed by atoms with E-state index in [4.69, 9.17) is 0 Å². The topological polar surface area (TPSA) is 0 Å². The molecule has 62 valence electrons. The Labute approximate surface area is 77.2 Å². The van der Waals surface area contributed by atoms with Gasteiger partial charge in [-0.3, -0.25) is 0 Å². The highest BCUT2D eigenvalue weighted by atomic mass is 32.1. The first-order valence-corrected chi connectivity index (χ1v) is 5.06. The lowest BCUT2D eigenvalue weighted by atomic mass is 10.1. The lowest BCUT2D eigenvalue weighted by Gasteiger charge is -1.98. The third kappa shape index (κ3) is 1.25. The average Bonchev–Trinajstić information content (AvgIpc) is 2.61. The number of hydrogen-bond donors (Lipinski definition) is 0. The normalized spacial score (nSPS) is 17.8. The molecule has 0 saturated carbocycles. The molecule has 1 heterocycles. The highest BCUT2D eigenvalue weighted by molar-refractivity contribution is 7.10. The third-order valence-corrected chi connectivity index (χ3v) is 3.33. The van der Waals surface area contributed by atoms with Crippen LogP contribution in [0.15, 0.2) is 40.8 Å². The second kappa shape index (κ2) is 2.91. The summed E-state index contributed by atoms with van der Waals surface area (Å²) in [6, 6.07) is 4.32. The Kier molecular flexibility index (Phi) is 1.89. The molecular formula is C11H12S. The maximum atomic E-state index is 2.33. The molecule has 0 fully saturated rings. The zero-order valence-corrected chi connectivity index (χ0v) is 8.19. The fourth-order valence-corrected chi connectivity index (χ4v) is 2.26. The minimum atomic E-state index is 0.546. The summed E-state index contributed by atoms with van der Waals surface area (Å²) >= 11 is 1.84. The van der Waals surface area contributed by atoms with Gasteiger partial charge < -0.3 is 0 Å². The molecule has 0 nitrogen and oxygen atoms in total. The van der Waals surface area contributed by atoms with E-state index in [1.165, 1.54) is 16.0 Å². The summed E-state index contributed by atoms with van der Waals surface area (Å²) in [5, 5.41) is 2.14. The molecule has 0 bridgehead atoms. The van der Waals surface area contributed by atoms with E-state index in [1.807, 2.05) is 11.3 Å². The van der Waals surface area contributed by atoms with E-state index in [2.05, 4.69) is 43.5 Å². The fraction of sp³-hybridized carbons (Fsp3) is 0.273. The van der Waals surface area contributed by atoms with Crippen LogP contribution in [0.3, 0.4) is 0 Å². The number of allylic oxidation sites excluding steroid dienone is 4. The molecule has 0 amide bonds. The van der Waals surface area contributed by atoms with Crippen molar-refractivity contribution < 1.29 is 0 Å². The third-order valence-electron chi connectivity index (χ3n) is 2.35. The van der Waals surface area contributed by atoms with E-state index in [0.717, 1.165) is 0 Å². The van der Waals surface area contributed by atoms with Gasteiger partial charge in [0.15, 0.2) is 0 Å². The molecule has 0 spiro atoms. The maximum absolute atomic E-state index is 2.33. The van der Waals surface area contributed by atoms with Gasteiger partial charge in [-0.2, -0.15) is 0 Å². The quantitative estimate of drug-likeness (QED) is 0.611. The first-order valence-electron chi connectivity index (χ1n) is 4.18. The van der Waals surface area contributed by atoms with E-state index >= 15 is 0 Å². The van der Waals surface area contributed by atoms with Crippen LogP contribution in [0.5, 0.6) is 0 Å². The SMILES string of the molecule is CC1=CC(c2cccs2)C=C1C. The molecule has 2 rings (SSSR count). The van der Waals surface area contributed by atoms with Crippen LogP contribution >= 0.6 is 11.3 Å². The summed E-state index contributed by atoms with van der Waals surface area (Å²) in [7, 11) is 0. The second-order valence-electron chi connectivity index (χ2n) is 3.24. The van der Waals surface area contributed by atoms with Crippen LogP contribution in [-0.2, 0) is 0 Å². The van der Waals surface area contributed by atoms with Crippen LogP contribution in [0.1, 0.15) is 24.6 Å². The van der Waals surface area contributed by atoms with Crippen molar-refractivity contribution in [1.29, 1.82) is 0 Å². The van der Waals surface area contributed by atoms with Gasteiger partial charge in [-0.15, -0.1) is 11.3 Å². The summed E-state index contributed by atoms with van der Waals surface area (Å²) in [6.45, 7) is 4.36. The standard InChI is InChI=1S/C11H12S/c1-8-6-10(7-9(8)2)11-4-3-5-12-11/h3-7,10H,1-2H3. The molecule has 0 aliphatic heterocycles. The van der Waals surface area contributed by atoms with Crippen molar-refractivity contribution >= 4 is 11.3 Å². The average molecular weight is 176 g/mol. The van der Waals surface area contributed by atoms with Gasteiger partial charge in [-0.1, -0.05) is 29.4 Å². The Morgan fingerprint density at radius 1 is 1.17 bits per heavy atom. The molecule has 1 aliphatic rings. The van der Waals surface area contributed by atoms with Crippen molar-refractivity contribution in [1.82, 2.24) is 0 Å². The van der Waals surface area contributed by atoms with Gasteiger partial charge in [0.1, 0.15) is 0 Å². The van der Waals surface area contributed by atoms with Crippen LogP contribution in [0.4, 0.5) is 0 Å². The smallest absolute Gasteiger partial charge is 0.0304 e. The minimum absolute atomic E-state index is 0.546. The highest BCUT2D eigenvalue weighted by Crippen LogP contribution is 2.32. The van der Waals surface area contributed by atoms with Crippen LogP contribution in [0.2, 0.25) is 0 Å². The van der Waals surface area contributed by atoms with Crippen LogP contribution < -0.4 is 0 Å². The van der Waals surface area contributed by atoms with Crippen molar-refractivity contribution in [2.75, 3.05) is 0 Å². The monoisotopic (exact) mass is 176 g/mol. The number of thiophene rings is 1. The van der Waals surface area contributed by atoms with E-state index in [0.29, 0.717) is 5.92 Å². The molecule has 0 unspecified atom stereocenters. The predicted octanol–water partition coefficient (Wildman–Crippen LogP) is 3.74. The molecule has 0 N–H and O–H groups in total. The number of rotatable bonds is 1. The molecule has 0 saturated heterocycles. The Balaban J connectivity index is 2.31. The van der Waals surface area contributed by atoms with Gasteiger partial charge in [0.2, 0.25) is 0 Å². The van der Waals surface area contributed by atoms with Gasteiger partial charge in [0, 0.05) is 10.8 Å². The Morgan fingerprint density at radius 2 is 1.83 bits per heavy atom. The largest absolute Gasteiger partial charge is 0.148 e. The van der Waals surface area contributed by atoms with Crippen molar-refractivity contribution in [3.8, 4) is 0 Å². The Morgan fingerprint density at radius 3 is 2.33 bits per heavy atom. The van der Waals surface area contributed by atoms with Gasteiger partial charge >= 0.3 is 0 Å². The van der Waals surface area contributed by atoms with Crippen LogP contribution in [0, 0.1) is 0 Å². The van der Waals surface area contributed by atoms with E-state index in [9.17, 15) is 0 Å². The number of hydrogen-bond acceptors (Lipinski definition) is 1. The second-order valence-corrected chi connectivity index (χ2v) is 4.22. The lowest BCUT2D eigenvalue weighted by Crippen LogP contribution is -1.81. The van der Waals surface area contributed by atoms with E-state index in [1.54, 1.807) is 0 Å². The summed E-state index contributed by atoms with van der Waals surface area (Å²) in [5.41, 5.74) is 2.85. The molecule has 1 aromatic heterocycles. The van der Waals surface area contributed by atoms with Gasteiger partial charge in [0.25, 0.3) is 0 Å². The molecular weight excluding hydrogens is 164 g/mol. The lowest BCUT2D eigenvalue weighted by molar-refractivity contribution is 1.14. The summed E-state index contributed by atoms with van der Waals surface area (Å²) in [4.78, 5) is 1.45. The van der Waals surface area contributed by atoms with Crippen molar-refractivity contribution in [3.63, 3.8) is 0 Å². The van der Waals surface area contributed by atoms with Gasteiger partial charge in [-0.05, 0) is 25.3 Å². The summed E-state index contributed by atoms with van der Waals surface area (Å²) in [5.74, 6) is 0.546. The fourth-order valence-electron chi connectivity index (χ4n) is 1.49. The van der Waals surface area contributed by atoms with Crippen LogP contribution in [-0.4, -0.2) is 0 Å². The Bertz CT molecular complexity index is 310. The van der Waals surface area contributed by atoms with E-state index in [-0.39, 0.29) is 0 Å². The molecule has 1 aliphatic carbocycles. The molecule has 12 heavy (non-hydrogen) atoms. The molecule has 1 aromatic rings. The minimum Gasteiger partial charge on any atom is -0.148 e. The highest BCUT2D eigenvalue weighted by Gasteiger charge is 2.13. The van der Waals surface area contributed by atoms with Crippen LogP contribution in [0.25, 0.3) is 0 Å². The Hall–Kier alpha value is -0.820. The van der Waals surface area contributed by atoms with Crippen molar-refractivity contribution in [3.05, 3.63) is 45.7 Å². The summed E-state index contributed by atoms with van der Waals surface area (Å²) < 4.78 is 0. The zero-order chi connectivity index (χ0) is 8.55. The zero-order valence-electron chi connectivity index (χ0n) is 7.37. The first kappa shape index (κ1) is 7.81. The molecule has 0 atom stereocenters. The predicted molar refractivity (Wildman–Crippen MR) is 54.6 cm³/mol. The molecule has 1 heteroatoms. The molecule has 0 aromatic carbocycles. The maximum Gasteiger partial charge on any atom is 0.0304 e. The summed E-state index contributed by atoms with van der Waals surface area (Å²) in [6.07, 6.45) is 4.67. The first-order chi connectivity index (χ1) is 5.77. The van der Waals surface area contributed by atoms with Gasteiger partial charge in [-0.25, -0.2) is 0 Å². The van der Waals surface area contributed by atoms with Crippen molar-refractivity contribution in [2.45, 2.75) is 19.8 Å². The van der Waals surface area contributed by atoms with Gasteiger partial charge in [0.05, 0.1) is 0 Å². The van der Waals surface area contributed by atoms with E-state index < -0.39 is 0 Å². The van der Waals surface area contributed by atoms with Crippen molar-refractivity contribution in [2.24, 2.45) is 0 Å².